The first-order chi connectivity index (χ1) is 14.4. The molecule has 30 heavy (non-hydrogen) atoms. The Bertz CT molecular complexity index is 1040. The molecule has 8 heteroatoms. The summed E-state index contributed by atoms with van der Waals surface area (Å²) in [6.45, 7) is 5.77. The van der Waals surface area contributed by atoms with E-state index < -0.39 is 11.8 Å². The fourth-order valence-electron chi connectivity index (χ4n) is 2.65. The first-order valence-electron chi connectivity index (χ1n) is 9.36. The lowest BCUT2D eigenvalue weighted by Crippen LogP contribution is -2.41. The summed E-state index contributed by atoms with van der Waals surface area (Å²) in [5.41, 5.74) is 7.41. The second-order valence-corrected chi connectivity index (χ2v) is 6.88. The van der Waals surface area contributed by atoms with Gasteiger partial charge in [-0.1, -0.05) is 35.0 Å². The third-order valence-electron chi connectivity index (χ3n) is 4.16. The molecule has 2 amide bonds. The third kappa shape index (κ3) is 4.96. The molecule has 3 rings (SSSR count). The van der Waals surface area contributed by atoms with E-state index in [1.807, 2.05) is 45.0 Å². The van der Waals surface area contributed by atoms with Crippen molar-refractivity contribution in [1.82, 2.24) is 16.0 Å². The Labute approximate surface area is 174 Å². The van der Waals surface area contributed by atoms with Gasteiger partial charge in [0.2, 0.25) is 5.76 Å². The van der Waals surface area contributed by atoms with E-state index in [1.165, 1.54) is 19.2 Å². The van der Waals surface area contributed by atoms with Crippen molar-refractivity contribution in [3.05, 3.63) is 65.4 Å². The lowest BCUT2D eigenvalue weighted by atomic mass is 10.1. The molecule has 0 fully saturated rings. The van der Waals surface area contributed by atoms with E-state index in [1.54, 1.807) is 12.1 Å². The van der Waals surface area contributed by atoms with Crippen molar-refractivity contribution in [2.24, 2.45) is 0 Å². The molecule has 0 bridgehead atoms. The van der Waals surface area contributed by atoms with Crippen LogP contribution in [-0.4, -0.2) is 30.2 Å². The summed E-state index contributed by atoms with van der Waals surface area (Å²) in [5.74, 6) is -0.222. The van der Waals surface area contributed by atoms with Crippen LogP contribution in [-0.2, 0) is 0 Å². The number of hydrazine groups is 1. The Morgan fingerprint density at radius 1 is 0.967 bits per heavy atom. The monoisotopic (exact) mass is 409 g/mol. The van der Waals surface area contributed by atoms with E-state index >= 15 is 0 Å². The molecule has 1 aromatic heterocycles. The second kappa shape index (κ2) is 9.13. The van der Waals surface area contributed by atoms with E-state index in [9.17, 15) is 9.59 Å². The van der Waals surface area contributed by atoms with E-state index in [0.29, 0.717) is 22.8 Å². The average Bonchev–Trinajstić information content (AvgIpc) is 3.22. The summed E-state index contributed by atoms with van der Waals surface area (Å²) in [4.78, 5) is 24.6. The number of aryl methyl sites for hydroxylation is 1. The van der Waals surface area contributed by atoms with Gasteiger partial charge in [0.1, 0.15) is 5.69 Å². The van der Waals surface area contributed by atoms with E-state index in [2.05, 4.69) is 16.0 Å². The molecule has 0 aliphatic carbocycles. The highest BCUT2D eigenvalue weighted by atomic mass is 16.5. The molecular weight excluding hydrogens is 386 g/mol. The fraction of sp³-hybridized carbons (Fsp3) is 0.227. The highest BCUT2D eigenvalue weighted by Crippen LogP contribution is 2.29. The molecule has 156 valence electrons. The smallest absolute Gasteiger partial charge is 0.308 e. The number of ether oxygens (including phenoxy) is 2. The average molecular weight is 409 g/mol. The molecule has 0 aliphatic heterocycles. The Morgan fingerprint density at radius 2 is 1.67 bits per heavy atom. The number of nitrogens with one attached hydrogen (secondary N) is 2. The van der Waals surface area contributed by atoms with Crippen LogP contribution in [0.4, 0.5) is 0 Å². The van der Waals surface area contributed by atoms with Crippen LogP contribution in [0.15, 0.2) is 53.1 Å². The van der Waals surface area contributed by atoms with Crippen LogP contribution in [0.3, 0.4) is 0 Å². The summed E-state index contributed by atoms with van der Waals surface area (Å²) < 4.78 is 16.0. The lowest BCUT2D eigenvalue weighted by Gasteiger charge is -2.14. The molecule has 0 unspecified atom stereocenters. The molecule has 1 heterocycles. The Hall–Kier alpha value is -3.81. The van der Waals surface area contributed by atoms with Crippen molar-refractivity contribution in [1.29, 1.82) is 0 Å². The van der Waals surface area contributed by atoms with Gasteiger partial charge in [-0.3, -0.25) is 20.4 Å². The highest BCUT2D eigenvalue weighted by molar-refractivity contribution is 5.98. The van der Waals surface area contributed by atoms with Crippen LogP contribution in [0, 0.1) is 6.92 Å². The van der Waals surface area contributed by atoms with Gasteiger partial charge in [0.25, 0.3) is 5.91 Å². The molecule has 0 atom stereocenters. The molecule has 0 spiro atoms. The molecule has 0 saturated carbocycles. The predicted octanol–water partition coefficient (Wildman–Crippen LogP) is 3.52. The molecule has 0 saturated heterocycles. The zero-order valence-electron chi connectivity index (χ0n) is 17.2. The van der Waals surface area contributed by atoms with Crippen molar-refractivity contribution in [2.45, 2.75) is 26.9 Å². The topological polar surface area (TPSA) is 103 Å². The number of aromatic nitrogens is 1. The zero-order valence-corrected chi connectivity index (χ0v) is 17.2. The highest BCUT2D eigenvalue weighted by Gasteiger charge is 2.16. The van der Waals surface area contributed by atoms with Crippen LogP contribution >= 0.6 is 0 Å². The predicted molar refractivity (Wildman–Crippen MR) is 110 cm³/mol. The van der Waals surface area contributed by atoms with Gasteiger partial charge in [-0.05, 0) is 39.0 Å². The second-order valence-electron chi connectivity index (χ2n) is 6.88. The van der Waals surface area contributed by atoms with Gasteiger partial charge in [0.15, 0.2) is 11.5 Å². The maximum atomic E-state index is 12.4. The van der Waals surface area contributed by atoms with E-state index in [-0.39, 0.29) is 11.9 Å². The van der Waals surface area contributed by atoms with Crippen molar-refractivity contribution in [3.8, 4) is 22.8 Å². The normalized spacial score (nSPS) is 10.6. The van der Waals surface area contributed by atoms with Gasteiger partial charge in [0.05, 0.1) is 13.2 Å². The van der Waals surface area contributed by atoms with Gasteiger partial charge in [0, 0.05) is 17.2 Å². The summed E-state index contributed by atoms with van der Waals surface area (Å²) in [6.07, 6.45) is -0.0374. The SMILES string of the molecule is COc1cc(C(=O)NNC(=O)c2cc(-c3ccc(C)cc3)no2)ccc1OC(C)C. The molecule has 8 nitrogen and oxygen atoms in total. The van der Waals surface area contributed by atoms with Crippen molar-refractivity contribution < 1.29 is 23.6 Å². The zero-order chi connectivity index (χ0) is 21.7. The lowest BCUT2D eigenvalue weighted by molar-refractivity contribution is 0.0825. The van der Waals surface area contributed by atoms with Crippen LogP contribution in [0.1, 0.15) is 40.3 Å². The van der Waals surface area contributed by atoms with Crippen LogP contribution in [0.5, 0.6) is 11.5 Å². The molecular formula is C22H23N3O5. The van der Waals surface area contributed by atoms with E-state index in [4.69, 9.17) is 14.0 Å². The molecule has 2 aromatic carbocycles. The number of hydrogen-bond donors (Lipinski definition) is 2. The minimum absolute atomic E-state index is 0.0239. The Morgan fingerprint density at radius 3 is 2.33 bits per heavy atom. The molecule has 0 aliphatic rings. The van der Waals surface area contributed by atoms with Gasteiger partial charge < -0.3 is 14.0 Å². The largest absolute Gasteiger partial charge is 0.493 e. The quantitative estimate of drug-likeness (QED) is 0.604. The number of nitrogens with zero attached hydrogens (tertiary/aromatic N) is 1. The van der Waals surface area contributed by atoms with Crippen molar-refractivity contribution >= 4 is 11.8 Å². The van der Waals surface area contributed by atoms with Crippen molar-refractivity contribution in [2.75, 3.05) is 7.11 Å². The van der Waals surface area contributed by atoms with Gasteiger partial charge in [-0.25, -0.2) is 0 Å². The fourth-order valence-corrected chi connectivity index (χ4v) is 2.65. The molecule has 2 N–H and O–H groups in total. The minimum Gasteiger partial charge on any atom is -0.493 e. The first kappa shape index (κ1) is 20.9. The van der Waals surface area contributed by atoms with Crippen LogP contribution in [0.25, 0.3) is 11.3 Å². The maximum absolute atomic E-state index is 12.4. The number of carbonyl (C=O) groups is 2. The Kier molecular flexibility index (Phi) is 6.36. The number of carbonyl (C=O) groups excluding carboxylic acids is 2. The van der Waals surface area contributed by atoms with Crippen LogP contribution < -0.4 is 20.3 Å². The summed E-state index contributed by atoms with van der Waals surface area (Å²) >= 11 is 0. The number of amides is 2. The Balaban J connectivity index is 1.63. The van der Waals surface area contributed by atoms with Gasteiger partial charge in [-0.15, -0.1) is 0 Å². The summed E-state index contributed by atoms with van der Waals surface area (Å²) in [7, 11) is 1.49. The number of rotatable bonds is 6. The van der Waals surface area contributed by atoms with Gasteiger partial charge in [-0.2, -0.15) is 0 Å². The number of benzene rings is 2. The number of hydrogen-bond acceptors (Lipinski definition) is 6. The van der Waals surface area contributed by atoms with Gasteiger partial charge >= 0.3 is 5.91 Å². The van der Waals surface area contributed by atoms with Crippen molar-refractivity contribution in [3.63, 3.8) is 0 Å². The summed E-state index contributed by atoms with van der Waals surface area (Å²) in [5, 5.41) is 3.90. The van der Waals surface area contributed by atoms with Crippen LogP contribution in [0.2, 0.25) is 0 Å². The van der Waals surface area contributed by atoms with E-state index in [0.717, 1.165) is 11.1 Å². The maximum Gasteiger partial charge on any atom is 0.308 e. The molecule has 0 radical (unpaired) electrons. The summed E-state index contributed by atoms with van der Waals surface area (Å²) in [6, 6.07) is 13.9. The number of methoxy groups -OCH3 is 1. The minimum atomic E-state index is -0.624. The first-order valence-corrected chi connectivity index (χ1v) is 9.36. The molecule has 3 aromatic rings. The third-order valence-corrected chi connectivity index (χ3v) is 4.16. The standard InChI is InChI=1S/C22H23N3O5/c1-13(2)29-18-10-9-16(11-19(18)28-4)21(26)23-24-22(27)20-12-17(25-30-20)15-7-5-14(3)6-8-15/h5-13H,1-4H3,(H,23,26)(H,24,27).